The van der Waals surface area contributed by atoms with Gasteiger partial charge in [-0.15, -0.1) is 0 Å². The number of aromatic nitrogens is 1. The van der Waals surface area contributed by atoms with Crippen LogP contribution in [0, 0.1) is 0 Å². The van der Waals surface area contributed by atoms with Gasteiger partial charge in [0.2, 0.25) is 0 Å². The van der Waals surface area contributed by atoms with Gasteiger partial charge in [0, 0.05) is 12.4 Å². The van der Waals surface area contributed by atoms with Crippen LogP contribution in [0.1, 0.15) is 11.1 Å². The minimum absolute atomic E-state index is 1.06. The van der Waals surface area contributed by atoms with Gasteiger partial charge in [-0.05, 0) is 58.0 Å². The Kier molecular flexibility index (Phi) is 2.25. The highest BCUT2D eigenvalue weighted by Crippen LogP contribution is 2.38. The number of benzene rings is 2. The van der Waals surface area contributed by atoms with Crippen LogP contribution >= 0.6 is 0 Å². The fourth-order valence-electron chi connectivity index (χ4n) is 2.85. The van der Waals surface area contributed by atoms with E-state index in [-0.39, 0.29) is 0 Å². The summed E-state index contributed by atoms with van der Waals surface area (Å²) in [4.78, 5) is 4.08. The van der Waals surface area contributed by atoms with E-state index >= 15 is 0 Å². The number of rotatable bonds is 1. The largest absolute Gasteiger partial charge is 0.265 e. The topological polar surface area (TPSA) is 12.9 Å². The predicted molar refractivity (Wildman–Crippen MR) is 77.9 cm³/mol. The molecule has 4 rings (SSSR count). The molecule has 0 amide bonds. The lowest BCUT2D eigenvalue weighted by atomic mass is 9.99. The maximum absolute atomic E-state index is 4.08. The lowest BCUT2D eigenvalue weighted by Crippen LogP contribution is -1.83. The molecule has 1 heterocycles. The van der Waals surface area contributed by atoms with Crippen molar-refractivity contribution in [2.24, 2.45) is 0 Å². The molecule has 0 atom stereocenters. The summed E-state index contributed by atoms with van der Waals surface area (Å²) in [7, 11) is 0. The number of hydrogen-bond donors (Lipinski definition) is 0. The molecule has 1 aliphatic carbocycles. The summed E-state index contributed by atoms with van der Waals surface area (Å²) in [5.41, 5.74) is 8.11. The van der Waals surface area contributed by atoms with Gasteiger partial charge < -0.3 is 0 Å². The van der Waals surface area contributed by atoms with Crippen LogP contribution in [0.4, 0.5) is 0 Å². The summed E-state index contributed by atoms with van der Waals surface area (Å²) in [6.45, 7) is 0. The van der Waals surface area contributed by atoms with Crippen LogP contribution < -0.4 is 0 Å². The zero-order chi connectivity index (χ0) is 12.7. The molecule has 90 valence electrons. The molecule has 0 radical (unpaired) electrons. The van der Waals surface area contributed by atoms with Crippen LogP contribution in [0.3, 0.4) is 0 Å². The zero-order valence-corrected chi connectivity index (χ0v) is 10.5. The molecule has 1 aromatic heterocycles. The van der Waals surface area contributed by atoms with Crippen LogP contribution in [-0.4, -0.2) is 4.98 Å². The number of pyridine rings is 1. The molecule has 0 aliphatic heterocycles. The summed E-state index contributed by atoms with van der Waals surface area (Å²) in [6, 6.07) is 19.6. The molecule has 0 fully saturated rings. The third-order valence-corrected chi connectivity index (χ3v) is 3.81. The predicted octanol–water partition coefficient (Wildman–Crippen LogP) is 4.32. The number of fused-ring (bicyclic) bond motifs is 3. The molecule has 1 aliphatic rings. The lowest BCUT2D eigenvalue weighted by Gasteiger charge is -2.05. The first kappa shape index (κ1) is 10.5. The molecule has 1 nitrogen and oxygen atoms in total. The maximum Gasteiger partial charge on any atom is 0.0273 e. The molecule has 0 N–H and O–H groups in total. The number of nitrogens with zero attached hydrogens (tertiary/aromatic N) is 1. The Morgan fingerprint density at radius 1 is 0.684 bits per heavy atom. The Hall–Kier alpha value is -2.41. The van der Waals surface area contributed by atoms with Gasteiger partial charge in [0.05, 0.1) is 0 Å². The van der Waals surface area contributed by atoms with Crippen molar-refractivity contribution in [3.05, 3.63) is 78.1 Å². The minimum Gasteiger partial charge on any atom is -0.265 e. The lowest BCUT2D eigenvalue weighted by molar-refractivity contribution is 1.26. The zero-order valence-electron chi connectivity index (χ0n) is 10.5. The van der Waals surface area contributed by atoms with Crippen LogP contribution in [0.25, 0.3) is 22.3 Å². The third kappa shape index (κ3) is 1.66. The number of hydrogen-bond acceptors (Lipinski definition) is 1. The van der Waals surface area contributed by atoms with Crippen LogP contribution in [0.2, 0.25) is 0 Å². The maximum atomic E-state index is 4.08. The van der Waals surface area contributed by atoms with E-state index in [1.54, 1.807) is 0 Å². The summed E-state index contributed by atoms with van der Waals surface area (Å²) in [5, 5.41) is 0. The average molecular weight is 243 g/mol. The highest BCUT2D eigenvalue weighted by Gasteiger charge is 2.17. The van der Waals surface area contributed by atoms with E-state index in [4.69, 9.17) is 0 Å². The highest BCUT2D eigenvalue weighted by molar-refractivity contribution is 5.81. The van der Waals surface area contributed by atoms with E-state index in [2.05, 4.69) is 59.6 Å². The Morgan fingerprint density at radius 2 is 1.47 bits per heavy atom. The van der Waals surface area contributed by atoms with Gasteiger partial charge in [-0.3, -0.25) is 4.98 Å². The molecule has 0 spiro atoms. The Balaban J connectivity index is 1.89. The van der Waals surface area contributed by atoms with Crippen LogP contribution in [-0.2, 0) is 6.42 Å². The van der Waals surface area contributed by atoms with Crippen molar-refractivity contribution >= 4 is 0 Å². The van der Waals surface area contributed by atoms with Crippen molar-refractivity contribution < 1.29 is 0 Å². The van der Waals surface area contributed by atoms with Gasteiger partial charge in [-0.2, -0.15) is 0 Å². The van der Waals surface area contributed by atoms with Crippen molar-refractivity contribution in [2.75, 3.05) is 0 Å². The van der Waals surface area contributed by atoms with Crippen molar-refractivity contribution in [3.8, 4) is 22.3 Å². The van der Waals surface area contributed by atoms with Gasteiger partial charge in [-0.1, -0.05) is 36.4 Å². The summed E-state index contributed by atoms with van der Waals surface area (Å²) >= 11 is 0. The van der Waals surface area contributed by atoms with Gasteiger partial charge in [0.25, 0.3) is 0 Å². The smallest absolute Gasteiger partial charge is 0.0273 e. The van der Waals surface area contributed by atoms with E-state index in [9.17, 15) is 0 Å². The normalized spacial score (nSPS) is 12.0. The highest BCUT2D eigenvalue weighted by atomic mass is 14.6. The Bertz CT molecular complexity index is 745. The minimum atomic E-state index is 1.06. The second-order valence-corrected chi connectivity index (χ2v) is 4.94. The Labute approximate surface area is 112 Å². The molecular formula is C18H13N. The quantitative estimate of drug-likeness (QED) is 0.485. The molecule has 1 heteroatoms. The van der Waals surface area contributed by atoms with E-state index in [0.29, 0.717) is 0 Å². The standard InChI is InChI=1S/C18H13N/c1-2-4-17-15(3-1)11-16-6-5-14(12-18(16)17)13-7-9-19-10-8-13/h1-10,12H,11H2. The van der Waals surface area contributed by atoms with Crippen molar-refractivity contribution in [3.63, 3.8) is 0 Å². The Morgan fingerprint density at radius 3 is 2.37 bits per heavy atom. The fraction of sp³-hybridized carbons (Fsp3) is 0.0556. The van der Waals surface area contributed by atoms with E-state index in [0.717, 1.165) is 6.42 Å². The van der Waals surface area contributed by atoms with Crippen molar-refractivity contribution in [1.82, 2.24) is 4.98 Å². The molecule has 3 aromatic rings. The van der Waals surface area contributed by atoms with Gasteiger partial charge in [-0.25, -0.2) is 0 Å². The first-order chi connectivity index (χ1) is 9.42. The first-order valence-corrected chi connectivity index (χ1v) is 6.53. The second kappa shape index (κ2) is 4.06. The van der Waals surface area contributed by atoms with Gasteiger partial charge in [0.15, 0.2) is 0 Å². The van der Waals surface area contributed by atoms with E-state index in [1.165, 1.54) is 33.4 Å². The van der Waals surface area contributed by atoms with E-state index in [1.807, 2.05) is 12.4 Å². The summed E-state index contributed by atoms with van der Waals surface area (Å²) < 4.78 is 0. The molecule has 0 unspecified atom stereocenters. The molecule has 19 heavy (non-hydrogen) atoms. The van der Waals surface area contributed by atoms with E-state index < -0.39 is 0 Å². The summed E-state index contributed by atoms with van der Waals surface area (Å²) in [6.07, 6.45) is 4.75. The van der Waals surface area contributed by atoms with Gasteiger partial charge >= 0.3 is 0 Å². The third-order valence-electron chi connectivity index (χ3n) is 3.81. The molecule has 0 bridgehead atoms. The monoisotopic (exact) mass is 243 g/mol. The van der Waals surface area contributed by atoms with Crippen molar-refractivity contribution in [2.45, 2.75) is 6.42 Å². The van der Waals surface area contributed by atoms with Crippen LogP contribution in [0.15, 0.2) is 67.0 Å². The fourth-order valence-corrected chi connectivity index (χ4v) is 2.85. The molecule has 0 saturated heterocycles. The first-order valence-electron chi connectivity index (χ1n) is 6.53. The molecule has 0 saturated carbocycles. The van der Waals surface area contributed by atoms with Crippen molar-refractivity contribution in [1.29, 1.82) is 0 Å². The molecular weight excluding hydrogens is 230 g/mol. The van der Waals surface area contributed by atoms with Gasteiger partial charge in [0.1, 0.15) is 0 Å². The molecule has 2 aromatic carbocycles. The summed E-state index contributed by atoms with van der Waals surface area (Å²) in [5.74, 6) is 0. The average Bonchev–Trinajstić information content (AvgIpc) is 2.86. The SMILES string of the molecule is c1ccc2c(c1)Cc1ccc(-c3ccncc3)cc1-2. The second-order valence-electron chi connectivity index (χ2n) is 4.94. The van der Waals surface area contributed by atoms with Crippen LogP contribution in [0.5, 0.6) is 0 Å².